The van der Waals surface area contributed by atoms with Crippen molar-refractivity contribution in [2.24, 2.45) is 0 Å². The molecule has 1 saturated heterocycles. The van der Waals surface area contributed by atoms with E-state index in [2.05, 4.69) is 10.3 Å². The van der Waals surface area contributed by atoms with Gasteiger partial charge in [0.15, 0.2) is 5.57 Å². The van der Waals surface area contributed by atoms with Crippen molar-refractivity contribution < 1.29 is 19.1 Å². The number of benzene rings is 1. The highest BCUT2D eigenvalue weighted by Crippen LogP contribution is 2.27. The number of aromatic nitrogens is 2. The molecular weight excluding hydrogens is 358 g/mol. The summed E-state index contributed by atoms with van der Waals surface area (Å²) in [5.74, 6) is -2.70. The van der Waals surface area contributed by atoms with Gasteiger partial charge in [0.25, 0.3) is 5.79 Å². The van der Waals surface area contributed by atoms with Gasteiger partial charge in [0.05, 0.1) is 5.69 Å². The number of nitrogens with zero attached hydrogens (tertiary/aromatic N) is 2. The first kappa shape index (κ1) is 17.8. The number of hydrogen-bond donors (Lipinski definition) is 1. The molecule has 0 saturated carbocycles. The Balaban J connectivity index is 1.63. The molecule has 0 bridgehead atoms. The fourth-order valence-corrected chi connectivity index (χ4v) is 2.94. The number of ether oxygens (including phenoxy) is 2. The van der Waals surface area contributed by atoms with Gasteiger partial charge in [-0.05, 0) is 30.7 Å². The first-order valence-electron chi connectivity index (χ1n) is 8.80. The molecule has 1 aromatic carbocycles. The van der Waals surface area contributed by atoms with Crippen LogP contribution in [-0.2, 0) is 19.1 Å². The SMILES string of the molecule is Cc1ccc(-c2cn3ccccc3n2)cc1NC=C1C(=O)OC(C)(C)OC1=O. The molecule has 3 heterocycles. The number of hydrogen-bond acceptors (Lipinski definition) is 6. The summed E-state index contributed by atoms with van der Waals surface area (Å²) >= 11 is 0. The third-order valence-electron chi connectivity index (χ3n) is 4.39. The van der Waals surface area contributed by atoms with Gasteiger partial charge in [-0.25, -0.2) is 14.6 Å². The summed E-state index contributed by atoms with van der Waals surface area (Å²) in [5.41, 5.74) is 4.09. The van der Waals surface area contributed by atoms with Crippen LogP contribution < -0.4 is 5.32 Å². The van der Waals surface area contributed by atoms with Crippen molar-refractivity contribution in [3.63, 3.8) is 0 Å². The van der Waals surface area contributed by atoms with Gasteiger partial charge < -0.3 is 19.2 Å². The number of esters is 2. The third kappa shape index (κ3) is 3.34. The van der Waals surface area contributed by atoms with Crippen LogP contribution in [-0.4, -0.2) is 27.1 Å². The van der Waals surface area contributed by atoms with Crippen molar-refractivity contribution in [1.29, 1.82) is 0 Å². The number of rotatable bonds is 3. The number of aryl methyl sites for hydroxylation is 1. The van der Waals surface area contributed by atoms with E-state index in [9.17, 15) is 9.59 Å². The standard InChI is InChI=1S/C21H19N3O4/c1-13-7-8-14(17-12-24-9-5-4-6-18(24)23-17)10-16(13)22-11-15-19(25)27-21(2,3)28-20(15)26/h4-12,22H,1-3H3. The van der Waals surface area contributed by atoms with E-state index in [0.717, 1.165) is 28.2 Å². The zero-order chi connectivity index (χ0) is 19.9. The maximum absolute atomic E-state index is 12.1. The molecule has 1 aliphatic rings. The zero-order valence-corrected chi connectivity index (χ0v) is 15.7. The lowest BCUT2D eigenvalue weighted by Gasteiger charge is -2.29. The number of imidazole rings is 1. The monoisotopic (exact) mass is 377 g/mol. The summed E-state index contributed by atoms with van der Waals surface area (Å²) in [5, 5.41) is 3.02. The Morgan fingerprint density at radius 1 is 1.11 bits per heavy atom. The fourth-order valence-electron chi connectivity index (χ4n) is 2.94. The molecule has 28 heavy (non-hydrogen) atoms. The average molecular weight is 377 g/mol. The summed E-state index contributed by atoms with van der Waals surface area (Å²) in [4.78, 5) is 28.8. The molecule has 1 aliphatic heterocycles. The Morgan fingerprint density at radius 2 is 1.86 bits per heavy atom. The van der Waals surface area contributed by atoms with Crippen LogP contribution in [0.4, 0.5) is 5.69 Å². The molecule has 0 atom stereocenters. The number of nitrogens with one attached hydrogen (secondary N) is 1. The number of carbonyl (C=O) groups is 2. The molecule has 0 radical (unpaired) electrons. The van der Waals surface area contributed by atoms with Gasteiger partial charge in [0, 0.05) is 43.7 Å². The second-order valence-corrected chi connectivity index (χ2v) is 7.00. The highest BCUT2D eigenvalue weighted by Gasteiger charge is 2.38. The molecule has 0 spiro atoms. The minimum absolute atomic E-state index is 0.183. The van der Waals surface area contributed by atoms with Crippen LogP contribution in [0.1, 0.15) is 19.4 Å². The van der Waals surface area contributed by atoms with Crippen LogP contribution in [0.15, 0.2) is 60.6 Å². The Morgan fingerprint density at radius 3 is 2.57 bits per heavy atom. The second-order valence-electron chi connectivity index (χ2n) is 7.00. The van der Waals surface area contributed by atoms with Crippen molar-refractivity contribution >= 4 is 23.3 Å². The van der Waals surface area contributed by atoms with Crippen LogP contribution in [0.5, 0.6) is 0 Å². The quantitative estimate of drug-likeness (QED) is 0.428. The van der Waals surface area contributed by atoms with E-state index in [-0.39, 0.29) is 5.57 Å². The van der Waals surface area contributed by atoms with Crippen LogP contribution in [0, 0.1) is 6.92 Å². The van der Waals surface area contributed by atoms with Crippen molar-refractivity contribution in [3.8, 4) is 11.3 Å². The van der Waals surface area contributed by atoms with E-state index in [4.69, 9.17) is 9.47 Å². The Hall–Kier alpha value is -3.61. The van der Waals surface area contributed by atoms with E-state index >= 15 is 0 Å². The topological polar surface area (TPSA) is 81.9 Å². The van der Waals surface area contributed by atoms with Crippen LogP contribution in [0.2, 0.25) is 0 Å². The van der Waals surface area contributed by atoms with Crippen LogP contribution in [0.3, 0.4) is 0 Å². The van der Waals surface area contributed by atoms with Gasteiger partial charge in [-0.3, -0.25) is 0 Å². The normalized spacial score (nSPS) is 15.9. The molecule has 7 heteroatoms. The summed E-state index contributed by atoms with van der Waals surface area (Å²) in [6, 6.07) is 11.6. The van der Waals surface area contributed by atoms with E-state index < -0.39 is 17.7 Å². The molecule has 0 unspecified atom stereocenters. The minimum atomic E-state index is -1.26. The molecule has 142 valence electrons. The van der Waals surface area contributed by atoms with Crippen LogP contribution in [0.25, 0.3) is 16.9 Å². The average Bonchev–Trinajstić information content (AvgIpc) is 3.05. The maximum atomic E-state index is 12.1. The van der Waals surface area contributed by atoms with Crippen molar-refractivity contribution in [2.45, 2.75) is 26.6 Å². The van der Waals surface area contributed by atoms with Crippen molar-refractivity contribution in [1.82, 2.24) is 9.38 Å². The molecule has 0 amide bonds. The summed E-state index contributed by atoms with van der Waals surface area (Å²) in [6.45, 7) is 4.94. The molecule has 0 aliphatic carbocycles. The predicted molar refractivity (Wildman–Crippen MR) is 103 cm³/mol. The van der Waals surface area contributed by atoms with Gasteiger partial charge in [0.2, 0.25) is 0 Å². The summed E-state index contributed by atoms with van der Waals surface area (Å²) < 4.78 is 12.1. The molecule has 1 N–H and O–H groups in total. The highest BCUT2D eigenvalue weighted by atomic mass is 16.7. The number of anilines is 1. The van der Waals surface area contributed by atoms with E-state index in [1.807, 2.05) is 60.1 Å². The first-order valence-corrected chi connectivity index (χ1v) is 8.80. The minimum Gasteiger partial charge on any atom is -0.419 e. The summed E-state index contributed by atoms with van der Waals surface area (Å²) in [7, 11) is 0. The number of fused-ring (bicyclic) bond motifs is 1. The predicted octanol–water partition coefficient (Wildman–Crippen LogP) is 3.44. The lowest BCUT2D eigenvalue weighted by molar-refractivity contribution is -0.222. The molecular formula is C21H19N3O4. The number of cyclic esters (lactones) is 2. The van der Waals surface area contributed by atoms with Gasteiger partial charge in [-0.1, -0.05) is 18.2 Å². The van der Waals surface area contributed by atoms with Gasteiger partial charge in [-0.15, -0.1) is 0 Å². The molecule has 3 aromatic rings. The van der Waals surface area contributed by atoms with Gasteiger partial charge in [-0.2, -0.15) is 0 Å². The molecule has 7 nitrogen and oxygen atoms in total. The zero-order valence-electron chi connectivity index (χ0n) is 15.7. The van der Waals surface area contributed by atoms with Crippen molar-refractivity contribution in [2.75, 3.05) is 5.32 Å². The molecule has 4 rings (SSSR count). The van der Waals surface area contributed by atoms with Crippen molar-refractivity contribution in [3.05, 3.63) is 66.1 Å². The Bertz CT molecular complexity index is 1070. The fraction of sp³-hybridized carbons (Fsp3) is 0.190. The molecule has 1 fully saturated rings. The van der Waals surface area contributed by atoms with E-state index in [0.29, 0.717) is 0 Å². The van der Waals surface area contributed by atoms with Gasteiger partial charge >= 0.3 is 11.9 Å². The van der Waals surface area contributed by atoms with E-state index in [1.165, 1.54) is 20.0 Å². The smallest absolute Gasteiger partial charge is 0.350 e. The van der Waals surface area contributed by atoms with Crippen LogP contribution >= 0.6 is 0 Å². The Kier molecular flexibility index (Phi) is 4.15. The number of carbonyl (C=O) groups excluding carboxylic acids is 2. The number of pyridine rings is 1. The lowest BCUT2D eigenvalue weighted by Crippen LogP contribution is -2.42. The third-order valence-corrected chi connectivity index (χ3v) is 4.39. The molecule has 2 aromatic heterocycles. The first-order chi connectivity index (χ1) is 13.3. The largest absolute Gasteiger partial charge is 0.419 e. The summed E-state index contributed by atoms with van der Waals surface area (Å²) in [6.07, 6.45) is 5.20. The second kappa shape index (κ2) is 6.53. The lowest BCUT2D eigenvalue weighted by atomic mass is 10.1. The Labute approximate surface area is 161 Å². The van der Waals surface area contributed by atoms with E-state index in [1.54, 1.807) is 0 Å². The maximum Gasteiger partial charge on any atom is 0.350 e. The van der Waals surface area contributed by atoms with Gasteiger partial charge in [0.1, 0.15) is 5.65 Å². The highest BCUT2D eigenvalue weighted by molar-refractivity contribution is 6.15.